The monoisotopic (exact) mass is 398 g/mol. The average Bonchev–Trinajstić information content (AvgIpc) is 3.07. The number of rotatable bonds is 4. The summed E-state index contributed by atoms with van der Waals surface area (Å²) in [5, 5.41) is 0.981. The van der Waals surface area contributed by atoms with E-state index in [-0.39, 0.29) is 5.91 Å². The third kappa shape index (κ3) is 4.44. The molecule has 2 aromatic rings. The van der Waals surface area contributed by atoms with Crippen molar-refractivity contribution in [2.24, 2.45) is 11.8 Å². The Kier molecular flexibility index (Phi) is 6.07. The Labute approximate surface area is 171 Å². The van der Waals surface area contributed by atoms with Crippen molar-refractivity contribution < 1.29 is 4.79 Å². The Morgan fingerprint density at radius 1 is 1.04 bits per heavy atom. The molecule has 2 aliphatic heterocycles. The van der Waals surface area contributed by atoms with Crippen LogP contribution >= 0.6 is 11.3 Å². The first-order valence-electron chi connectivity index (χ1n) is 10.4. The van der Waals surface area contributed by atoms with Gasteiger partial charge in [-0.25, -0.2) is 4.98 Å². The quantitative estimate of drug-likeness (QED) is 0.783. The first-order valence-corrected chi connectivity index (χ1v) is 11.3. The maximum Gasteiger partial charge on any atom is 0.265 e. The third-order valence-electron chi connectivity index (χ3n) is 6.38. The summed E-state index contributed by atoms with van der Waals surface area (Å²) in [6, 6.07) is 4.23. The average molecular weight is 399 g/mol. The van der Waals surface area contributed by atoms with Crippen LogP contribution in [0.4, 0.5) is 0 Å². The molecule has 2 aliphatic rings. The summed E-state index contributed by atoms with van der Waals surface area (Å²) in [5.74, 6) is 1.78. The maximum absolute atomic E-state index is 12.8. The van der Waals surface area contributed by atoms with E-state index in [1.807, 2.05) is 26.2 Å². The van der Waals surface area contributed by atoms with E-state index >= 15 is 0 Å². The van der Waals surface area contributed by atoms with Gasteiger partial charge in [0.2, 0.25) is 0 Å². The minimum absolute atomic E-state index is 0.189. The number of hydrogen-bond donors (Lipinski definition) is 0. The predicted octanol–water partition coefficient (Wildman–Crippen LogP) is 3.92. The van der Waals surface area contributed by atoms with Crippen LogP contribution in [0.3, 0.4) is 0 Å². The molecular formula is C22H30N4OS. The third-order valence-corrected chi connectivity index (χ3v) is 7.44. The molecule has 0 N–H and O–H groups in total. The van der Waals surface area contributed by atoms with Crippen LogP contribution < -0.4 is 0 Å². The van der Waals surface area contributed by atoms with Gasteiger partial charge >= 0.3 is 0 Å². The van der Waals surface area contributed by atoms with Gasteiger partial charge in [-0.2, -0.15) is 0 Å². The van der Waals surface area contributed by atoms with Crippen LogP contribution in [0, 0.1) is 25.7 Å². The molecule has 4 rings (SSSR count). The van der Waals surface area contributed by atoms with Crippen LogP contribution in [0.25, 0.3) is 0 Å². The predicted molar refractivity (Wildman–Crippen MR) is 112 cm³/mol. The molecular weight excluding hydrogens is 368 g/mol. The minimum Gasteiger partial charge on any atom is -0.338 e. The van der Waals surface area contributed by atoms with E-state index in [0.29, 0.717) is 0 Å². The Morgan fingerprint density at radius 3 is 2.21 bits per heavy atom. The van der Waals surface area contributed by atoms with Crippen LogP contribution in [-0.4, -0.2) is 51.9 Å². The highest BCUT2D eigenvalue weighted by Crippen LogP contribution is 2.33. The van der Waals surface area contributed by atoms with Gasteiger partial charge in [0.15, 0.2) is 0 Å². The molecule has 0 bridgehead atoms. The number of likely N-dealkylation sites (tertiary alicyclic amines) is 2. The van der Waals surface area contributed by atoms with Crippen molar-refractivity contribution in [2.45, 2.75) is 46.1 Å². The number of nitrogens with zero attached hydrogens (tertiary/aromatic N) is 4. The molecule has 2 aromatic heterocycles. The van der Waals surface area contributed by atoms with E-state index in [1.54, 1.807) is 0 Å². The van der Waals surface area contributed by atoms with Crippen molar-refractivity contribution in [3.8, 4) is 0 Å². The molecule has 0 aromatic carbocycles. The van der Waals surface area contributed by atoms with E-state index in [0.717, 1.165) is 59.9 Å². The molecule has 2 fully saturated rings. The zero-order valence-corrected chi connectivity index (χ0v) is 17.7. The van der Waals surface area contributed by atoms with Gasteiger partial charge in [-0.05, 0) is 82.2 Å². The second-order valence-electron chi connectivity index (χ2n) is 8.25. The summed E-state index contributed by atoms with van der Waals surface area (Å²) in [6.07, 6.45) is 8.64. The molecule has 1 amide bonds. The molecule has 0 unspecified atom stereocenters. The maximum atomic E-state index is 12.8. The standard InChI is InChI=1S/C22H30N4OS/c1-16-21(28-17(2)24-16)22(27)26-13-7-20(8-14-26)19-5-11-25(12-6-19)15-18-3-9-23-10-4-18/h3-4,9-10,19-20H,5-8,11-15H2,1-2H3. The van der Waals surface area contributed by atoms with Gasteiger partial charge in [0.25, 0.3) is 5.91 Å². The second kappa shape index (κ2) is 8.70. The fraction of sp³-hybridized carbons (Fsp3) is 0.591. The highest BCUT2D eigenvalue weighted by Gasteiger charge is 2.32. The van der Waals surface area contributed by atoms with Gasteiger partial charge in [-0.3, -0.25) is 14.7 Å². The molecule has 0 radical (unpaired) electrons. The molecule has 0 saturated carbocycles. The van der Waals surface area contributed by atoms with Gasteiger partial charge < -0.3 is 4.90 Å². The number of pyridine rings is 1. The van der Waals surface area contributed by atoms with Crippen molar-refractivity contribution in [2.75, 3.05) is 26.2 Å². The van der Waals surface area contributed by atoms with Gasteiger partial charge in [-0.15, -0.1) is 11.3 Å². The van der Waals surface area contributed by atoms with E-state index < -0.39 is 0 Å². The summed E-state index contributed by atoms with van der Waals surface area (Å²) in [6.45, 7) is 9.13. The minimum atomic E-state index is 0.189. The second-order valence-corrected chi connectivity index (χ2v) is 9.45. The lowest BCUT2D eigenvalue weighted by Crippen LogP contribution is -2.42. The van der Waals surface area contributed by atoms with Crippen molar-refractivity contribution >= 4 is 17.2 Å². The van der Waals surface area contributed by atoms with E-state index in [4.69, 9.17) is 0 Å². The molecule has 6 heteroatoms. The van der Waals surface area contributed by atoms with Crippen LogP contribution in [0.5, 0.6) is 0 Å². The van der Waals surface area contributed by atoms with Crippen LogP contribution in [0.1, 0.15) is 51.6 Å². The van der Waals surface area contributed by atoms with Gasteiger partial charge in [0, 0.05) is 32.0 Å². The lowest BCUT2D eigenvalue weighted by Gasteiger charge is -2.40. The fourth-order valence-corrected chi connectivity index (χ4v) is 5.66. The normalized spacial score (nSPS) is 19.9. The number of aromatic nitrogens is 2. The summed E-state index contributed by atoms with van der Waals surface area (Å²) < 4.78 is 0. The lowest BCUT2D eigenvalue weighted by molar-refractivity contribution is 0.0602. The number of thiazole rings is 1. The van der Waals surface area contributed by atoms with Crippen LogP contribution in [0.15, 0.2) is 24.5 Å². The molecule has 28 heavy (non-hydrogen) atoms. The summed E-state index contributed by atoms with van der Waals surface area (Å²) in [4.78, 5) is 26.8. The zero-order valence-electron chi connectivity index (χ0n) is 16.9. The van der Waals surface area contributed by atoms with Gasteiger partial charge in [0.05, 0.1) is 10.7 Å². The summed E-state index contributed by atoms with van der Waals surface area (Å²) >= 11 is 1.53. The van der Waals surface area contributed by atoms with E-state index in [9.17, 15) is 4.79 Å². The number of hydrogen-bond acceptors (Lipinski definition) is 5. The van der Waals surface area contributed by atoms with Crippen LogP contribution in [-0.2, 0) is 6.54 Å². The highest BCUT2D eigenvalue weighted by atomic mass is 32.1. The number of amides is 1. The SMILES string of the molecule is Cc1nc(C)c(C(=O)N2CCC(C3CCN(Cc4ccncc4)CC3)CC2)s1. The Bertz CT molecular complexity index is 790. The van der Waals surface area contributed by atoms with Crippen molar-refractivity contribution in [3.63, 3.8) is 0 Å². The largest absolute Gasteiger partial charge is 0.338 e. The van der Waals surface area contributed by atoms with Gasteiger partial charge in [0.1, 0.15) is 4.88 Å². The first-order chi connectivity index (χ1) is 13.6. The van der Waals surface area contributed by atoms with Crippen molar-refractivity contribution in [1.82, 2.24) is 19.8 Å². The van der Waals surface area contributed by atoms with Crippen LogP contribution in [0.2, 0.25) is 0 Å². The molecule has 0 aliphatic carbocycles. The smallest absolute Gasteiger partial charge is 0.265 e. The first kappa shape index (κ1) is 19.5. The topological polar surface area (TPSA) is 49.3 Å². The molecule has 4 heterocycles. The Hall–Kier alpha value is -1.79. The Morgan fingerprint density at radius 2 is 1.64 bits per heavy atom. The molecule has 0 atom stereocenters. The summed E-state index contributed by atoms with van der Waals surface area (Å²) in [7, 11) is 0. The number of piperidine rings is 2. The van der Waals surface area contributed by atoms with E-state index in [2.05, 4.69) is 31.9 Å². The highest BCUT2D eigenvalue weighted by molar-refractivity contribution is 7.13. The number of aryl methyl sites for hydroxylation is 2. The summed E-state index contributed by atoms with van der Waals surface area (Å²) in [5.41, 5.74) is 2.24. The zero-order chi connectivity index (χ0) is 19.5. The van der Waals surface area contributed by atoms with Crippen molar-refractivity contribution in [3.05, 3.63) is 45.7 Å². The van der Waals surface area contributed by atoms with Gasteiger partial charge in [-0.1, -0.05) is 0 Å². The molecule has 150 valence electrons. The van der Waals surface area contributed by atoms with Crippen molar-refractivity contribution in [1.29, 1.82) is 0 Å². The molecule has 2 saturated heterocycles. The number of carbonyl (C=O) groups is 1. The molecule has 5 nitrogen and oxygen atoms in total. The lowest BCUT2D eigenvalue weighted by atomic mass is 9.78. The number of carbonyl (C=O) groups excluding carboxylic acids is 1. The molecule has 0 spiro atoms. The fourth-order valence-electron chi connectivity index (χ4n) is 4.78. The van der Waals surface area contributed by atoms with E-state index in [1.165, 1.54) is 42.8 Å². The Balaban J connectivity index is 1.25.